The molecular formula is C15H18N2O4. The average molecular weight is 290 g/mol. The standard InChI is InChI=1S/C15H18N2O4/c18-9-11-2-1-5-17(7-11)8-15(19)16-12-3-4-13-14(6-12)21-10-20-13/h3-4,6,9,11H,1-2,5,7-8,10H2,(H,16,19). The lowest BCUT2D eigenvalue weighted by molar-refractivity contribution is -0.119. The number of fused-ring (bicyclic) bond motifs is 1. The summed E-state index contributed by atoms with van der Waals surface area (Å²) in [5.41, 5.74) is 0.688. The van der Waals surface area contributed by atoms with E-state index in [1.807, 2.05) is 4.90 Å². The molecule has 6 heteroatoms. The van der Waals surface area contributed by atoms with Gasteiger partial charge >= 0.3 is 0 Å². The fourth-order valence-corrected chi connectivity index (χ4v) is 2.72. The zero-order valence-electron chi connectivity index (χ0n) is 11.7. The van der Waals surface area contributed by atoms with Crippen LogP contribution in [-0.2, 0) is 9.59 Å². The Morgan fingerprint density at radius 3 is 3.10 bits per heavy atom. The van der Waals surface area contributed by atoms with Crippen LogP contribution in [0.1, 0.15) is 12.8 Å². The predicted octanol–water partition coefficient (Wildman–Crippen LogP) is 1.26. The van der Waals surface area contributed by atoms with Crippen LogP contribution in [0.15, 0.2) is 18.2 Å². The van der Waals surface area contributed by atoms with Crippen molar-refractivity contribution in [2.24, 2.45) is 5.92 Å². The van der Waals surface area contributed by atoms with Crippen LogP contribution in [0, 0.1) is 5.92 Å². The van der Waals surface area contributed by atoms with E-state index in [0.717, 1.165) is 25.7 Å². The monoisotopic (exact) mass is 290 g/mol. The smallest absolute Gasteiger partial charge is 0.238 e. The minimum atomic E-state index is -0.0829. The summed E-state index contributed by atoms with van der Waals surface area (Å²) in [6, 6.07) is 5.32. The van der Waals surface area contributed by atoms with E-state index in [4.69, 9.17) is 9.47 Å². The summed E-state index contributed by atoms with van der Waals surface area (Å²) in [6.45, 7) is 2.04. The molecule has 1 saturated heterocycles. The second-order valence-electron chi connectivity index (χ2n) is 5.39. The molecule has 112 valence electrons. The van der Waals surface area contributed by atoms with Crippen molar-refractivity contribution < 1.29 is 19.1 Å². The maximum absolute atomic E-state index is 12.1. The summed E-state index contributed by atoms with van der Waals surface area (Å²) in [4.78, 5) is 24.9. The molecule has 0 radical (unpaired) electrons. The highest BCUT2D eigenvalue weighted by atomic mass is 16.7. The molecule has 1 unspecified atom stereocenters. The van der Waals surface area contributed by atoms with Crippen LogP contribution in [0.4, 0.5) is 5.69 Å². The van der Waals surface area contributed by atoms with Gasteiger partial charge in [-0.1, -0.05) is 0 Å². The number of hydrogen-bond acceptors (Lipinski definition) is 5. The summed E-state index contributed by atoms with van der Waals surface area (Å²) in [6.07, 6.45) is 2.87. The van der Waals surface area contributed by atoms with Crippen molar-refractivity contribution >= 4 is 17.9 Å². The lowest BCUT2D eigenvalue weighted by atomic mass is 10.00. The normalized spacial score (nSPS) is 21.0. The molecule has 2 aliphatic rings. The van der Waals surface area contributed by atoms with Gasteiger partial charge in [0.1, 0.15) is 6.29 Å². The number of rotatable bonds is 4. The molecule has 0 bridgehead atoms. The average Bonchev–Trinajstić information content (AvgIpc) is 2.95. The predicted molar refractivity (Wildman–Crippen MR) is 76.4 cm³/mol. The van der Waals surface area contributed by atoms with Crippen molar-refractivity contribution in [3.8, 4) is 11.5 Å². The molecule has 1 fully saturated rings. The van der Waals surface area contributed by atoms with Gasteiger partial charge in [0.05, 0.1) is 6.54 Å². The number of piperidine rings is 1. The van der Waals surface area contributed by atoms with Crippen molar-refractivity contribution in [3.05, 3.63) is 18.2 Å². The molecule has 0 saturated carbocycles. The molecule has 0 aromatic heterocycles. The van der Waals surface area contributed by atoms with Gasteiger partial charge in [0, 0.05) is 24.2 Å². The van der Waals surface area contributed by atoms with Gasteiger partial charge in [0.25, 0.3) is 0 Å². The molecule has 0 spiro atoms. The van der Waals surface area contributed by atoms with Crippen LogP contribution in [0.5, 0.6) is 11.5 Å². The van der Waals surface area contributed by atoms with E-state index in [1.54, 1.807) is 18.2 Å². The van der Waals surface area contributed by atoms with Crippen LogP contribution < -0.4 is 14.8 Å². The Hall–Kier alpha value is -2.08. The molecule has 1 amide bonds. The Kier molecular flexibility index (Phi) is 4.06. The number of anilines is 1. The third kappa shape index (κ3) is 3.33. The van der Waals surface area contributed by atoms with E-state index in [9.17, 15) is 9.59 Å². The van der Waals surface area contributed by atoms with Crippen LogP contribution >= 0.6 is 0 Å². The van der Waals surface area contributed by atoms with Crippen molar-refractivity contribution in [1.29, 1.82) is 0 Å². The van der Waals surface area contributed by atoms with E-state index in [1.165, 1.54) is 0 Å². The van der Waals surface area contributed by atoms with E-state index in [2.05, 4.69) is 5.32 Å². The maximum Gasteiger partial charge on any atom is 0.238 e. The maximum atomic E-state index is 12.1. The highest BCUT2D eigenvalue weighted by Gasteiger charge is 2.21. The number of benzene rings is 1. The van der Waals surface area contributed by atoms with Gasteiger partial charge in [-0.15, -0.1) is 0 Å². The first-order chi connectivity index (χ1) is 10.2. The van der Waals surface area contributed by atoms with Crippen molar-refractivity contribution in [3.63, 3.8) is 0 Å². The number of carbonyl (C=O) groups is 2. The number of hydrogen-bond donors (Lipinski definition) is 1. The van der Waals surface area contributed by atoms with Gasteiger partial charge < -0.3 is 19.6 Å². The zero-order valence-corrected chi connectivity index (χ0v) is 11.7. The van der Waals surface area contributed by atoms with Gasteiger partial charge in [0.2, 0.25) is 12.7 Å². The second-order valence-corrected chi connectivity index (χ2v) is 5.39. The number of nitrogens with one attached hydrogen (secondary N) is 1. The lowest BCUT2D eigenvalue weighted by Gasteiger charge is -2.29. The number of aldehydes is 1. The van der Waals surface area contributed by atoms with Gasteiger partial charge in [-0.3, -0.25) is 9.69 Å². The molecule has 6 nitrogen and oxygen atoms in total. The molecule has 2 aliphatic heterocycles. The van der Waals surface area contributed by atoms with E-state index >= 15 is 0 Å². The summed E-state index contributed by atoms with van der Waals surface area (Å²) in [5.74, 6) is 1.31. The first-order valence-electron chi connectivity index (χ1n) is 7.12. The summed E-state index contributed by atoms with van der Waals surface area (Å²) in [7, 11) is 0. The lowest BCUT2D eigenvalue weighted by Crippen LogP contribution is -2.40. The topological polar surface area (TPSA) is 67.9 Å². The Labute approximate surface area is 123 Å². The Morgan fingerprint density at radius 2 is 2.24 bits per heavy atom. The van der Waals surface area contributed by atoms with Crippen molar-refractivity contribution in [2.45, 2.75) is 12.8 Å². The first kappa shape index (κ1) is 13.9. The molecule has 2 heterocycles. The van der Waals surface area contributed by atoms with Gasteiger partial charge in [-0.05, 0) is 31.5 Å². The Balaban J connectivity index is 1.55. The van der Waals surface area contributed by atoms with Crippen LogP contribution in [0.3, 0.4) is 0 Å². The fourth-order valence-electron chi connectivity index (χ4n) is 2.72. The summed E-state index contributed by atoms with van der Waals surface area (Å²) < 4.78 is 10.5. The van der Waals surface area contributed by atoms with E-state index in [-0.39, 0.29) is 18.6 Å². The highest BCUT2D eigenvalue weighted by molar-refractivity contribution is 5.92. The summed E-state index contributed by atoms with van der Waals surface area (Å²) in [5, 5.41) is 2.85. The van der Waals surface area contributed by atoms with Crippen LogP contribution in [0.2, 0.25) is 0 Å². The van der Waals surface area contributed by atoms with Crippen molar-refractivity contribution in [2.75, 3.05) is 31.7 Å². The third-order valence-electron chi connectivity index (χ3n) is 3.76. The number of carbonyl (C=O) groups excluding carboxylic acids is 2. The minimum absolute atomic E-state index is 0.0529. The number of amides is 1. The third-order valence-corrected chi connectivity index (χ3v) is 3.76. The van der Waals surface area contributed by atoms with Gasteiger partial charge in [0.15, 0.2) is 11.5 Å². The number of ether oxygens (including phenoxy) is 2. The quantitative estimate of drug-likeness (QED) is 0.846. The molecule has 1 aromatic rings. The molecule has 0 aliphatic carbocycles. The van der Waals surface area contributed by atoms with E-state index in [0.29, 0.717) is 30.3 Å². The second kappa shape index (κ2) is 6.13. The molecule has 3 rings (SSSR count). The molecule has 21 heavy (non-hydrogen) atoms. The summed E-state index contributed by atoms with van der Waals surface area (Å²) >= 11 is 0. The van der Waals surface area contributed by atoms with Crippen LogP contribution in [0.25, 0.3) is 0 Å². The molecule has 1 N–H and O–H groups in total. The Morgan fingerprint density at radius 1 is 1.38 bits per heavy atom. The Bertz CT molecular complexity index is 546. The van der Waals surface area contributed by atoms with Gasteiger partial charge in [-0.25, -0.2) is 0 Å². The molecule has 1 atom stereocenters. The van der Waals surface area contributed by atoms with Gasteiger partial charge in [-0.2, -0.15) is 0 Å². The first-order valence-corrected chi connectivity index (χ1v) is 7.12. The molecular weight excluding hydrogens is 272 g/mol. The largest absolute Gasteiger partial charge is 0.454 e. The fraction of sp³-hybridized carbons (Fsp3) is 0.467. The van der Waals surface area contributed by atoms with Crippen molar-refractivity contribution in [1.82, 2.24) is 4.90 Å². The minimum Gasteiger partial charge on any atom is -0.454 e. The molecule has 1 aromatic carbocycles. The van der Waals surface area contributed by atoms with Crippen LogP contribution in [-0.4, -0.2) is 43.5 Å². The zero-order chi connectivity index (χ0) is 14.7. The SMILES string of the molecule is O=CC1CCCN(CC(=O)Nc2ccc3c(c2)OCO3)C1. The number of nitrogens with zero attached hydrogens (tertiary/aromatic N) is 1. The number of likely N-dealkylation sites (tertiary alicyclic amines) is 1. The highest BCUT2D eigenvalue weighted by Crippen LogP contribution is 2.34. The van der Waals surface area contributed by atoms with E-state index < -0.39 is 0 Å².